The SMILES string of the molecule is O=C(NNCCN1CCOCC1)[C@@]1(CCS(=O)(=O)c2ccccc2)N=C(c2ccc(OCCCO)cc2)O[C@H]1c1ccccc1Br. The van der Waals surface area contributed by atoms with Gasteiger partial charge >= 0.3 is 0 Å². The minimum absolute atomic E-state index is 0.0331. The van der Waals surface area contributed by atoms with Crippen LogP contribution in [0.1, 0.15) is 30.1 Å². The van der Waals surface area contributed by atoms with Gasteiger partial charge in [0.1, 0.15) is 5.75 Å². The lowest BCUT2D eigenvalue weighted by molar-refractivity contribution is -0.130. The summed E-state index contributed by atoms with van der Waals surface area (Å²) < 4.78 is 45.3. The van der Waals surface area contributed by atoms with E-state index in [-0.39, 0.29) is 29.6 Å². The van der Waals surface area contributed by atoms with Crippen molar-refractivity contribution < 1.29 is 32.5 Å². The molecule has 0 spiro atoms. The molecule has 46 heavy (non-hydrogen) atoms. The lowest BCUT2D eigenvalue weighted by Crippen LogP contribution is -2.54. The van der Waals surface area contributed by atoms with Gasteiger partial charge < -0.3 is 19.3 Å². The van der Waals surface area contributed by atoms with Crippen LogP contribution in [0.15, 0.2) is 93.2 Å². The average Bonchev–Trinajstić information content (AvgIpc) is 3.48. The number of ether oxygens (including phenoxy) is 3. The number of amides is 1. The van der Waals surface area contributed by atoms with Gasteiger partial charge in [0, 0.05) is 61.2 Å². The number of nitrogens with one attached hydrogen (secondary N) is 2. The van der Waals surface area contributed by atoms with E-state index in [1.807, 2.05) is 24.3 Å². The van der Waals surface area contributed by atoms with Crippen LogP contribution in [0.3, 0.4) is 0 Å². The number of aliphatic imine (C=N–C) groups is 1. The molecule has 0 radical (unpaired) electrons. The number of halogens is 1. The molecule has 3 N–H and O–H groups in total. The van der Waals surface area contributed by atoms with Crippen molar-refractivity contribution in [3.05, 3.63) is 94.5 Å². The zero-order valence-electron chi connectivity index (χ0n) is 25.4. The van der Waals surface area contributed by atoms with E-state index in [1.54, 1.807) is 54.6 Å². The fourth-order valence-corrected chi connectivity index (χ4v) is 7.24. The van der Waals surface area contributed by atoms with E-state index < -0.39 is 27.4 Å². The quantitative estimate of drug-likeness (QED) is 0.160. The largest absolute Gasteiger partial charge is 0.494 e. The molecule has 1 saturated heterocycles. The summed E-state index contributed by atoms with van der Waals surface area (Å²) >= 11 is 3.61. The normalized spacial score (nSPS) is 20.1. The Kier molecular flexibility index (Phi) is 11.8. The fourth-order valence-electron chi connectivity index (χ4n) is 5.36. The summed E-state index contributed by atoms with van der Waals surface area (Å²) in [5, 5.41) is 9.05. The number of sulfone groups is 1. The molecule has 3 aromatic rings. The van der Waals surface area contributed by atoms with Gasteiger partial charge in [-0.15, -0.1) is 0 Å². The van der Waals surface area contributed by atoms with E-state index in [2.05, 4.69) is 31.7 Å². The second-order valence-electron chi connectivity index (χ2n) is 11.0. The Labute approximate surface area is 278 Å². The van der Waals surface area contributed by atoms with Crippen LogP contribution in [0, 0.1) is 0 Å². The molecule has 0 unspecified atom stereocenters. The molecule has 3 aromatic carbocycles. The van der Waals surface area contributed by atoms with Gasteiger partial charge in [0.05, 0.1) is 30.5 Å². The Hall–Kier alpha value is -3.33. The maximum absolute atomic E-state index is 14.3. The summed E-state index contributed by atoms with van der Waals surface area (Å²) in [5.74, 6) is -0.0158. The van der Waals surface area contributed by atoms with E-state index in [0.717, 1.165) is 13.1 Å². The molecule has 0 aromatic heterocycles. The third-order valence-electron chi connectivity index (χ3n) is 7.93. The molecule has 2 atom stereocenters. The van der Waals surface area contributed by atoms with E-state index in [4.69, 9.17) is 24.3 Å². The van der Waals surface area contributed by atoms with E-state index in [1.165, 1.54) is 0 Å². The topological polar surface area (TPSA) is 139 Å². The van der Waals surface area contributed by atoms with Gasteiger partial charge in [-0.25, -0.2) is 18.8 Å². The molecule has 1 fully saturated rings. The van der Waals surface area contributed by atoms with Crippen molar-refractivity contribution in [2.24, 2.45) is 4.99 Å². The van der Waals surface area contributed by atoms with Crippen LogP contribution in [0.2, 0.25) is 0 Å². The Morgan fingerprint density at radius 3 is 2.48 bits per heavy atom. The zero-order valence-corrected chi connectivity index (χ0v) is 27.8. The van der Waals surface area contributed by atoms with Crippen molar-refractivity contribution in [3.63, 3.8) is 0 Å². The lowest BCUT2D eigenvalue weighted by Gasteiger charge is -2.31. The lowest BCUT2D eigenvalue weighted by atomic mass is 9.85. The molecule has 2 aliphatic rings. The Morgan fingerprint density at radius 2 is 1.76 bits per heavy atom. The van der Waals surface area contributed by atoms with E-state index >= 15 is 0 Å². The Bertz CT molecular complexity index is 1580. The number of morpholine rings is 1. The standard InChI is InChI=1S/C33H39BrN4O7S/c34-29-10-5-4-9-28(29)30-33(15-24-46(41,42)27-7-2-1-3-8-27,32(40)37-35-16-17-38-18-22-43-23-19-38)36-31(45-30)25-11-13-26(14-12-25)44-21-6-20-39/h1-5,7-14,30,35,39H,6,15-24H2,(H,37,40)/t30-,33-/m0/s1. The van der Waals surface area contributed by atoms with E-state index in [9.17, 15) is 13.2 Å². The number of aliphatic hydroxyl groups excluding tert-OH is 1. The zero-order chi connectivity index (χ0) is 32.4. The maximum Gasteiger partial charge on any atom is 0.266 e. The number of aliphatic hydroxyl groups is 1. The summed E-state index contributed by atoms with van der Waals surface area (Å²) in [6.07, 6.45) is -0.570. The van der Waals surface area contributed by atoms with Gasteiger partial charge in [0.15, 0.2) is 21.5 Å². The van der Waals surface area contributed by atoms with Crippen LogP contribution in [-0.4, -0.2) is 94.1 Å². The summed E-state index contributed by atoms with van der Waals surface area (Å²) in [4.78, 5) is 21.6. The van der Waals surface area contributed by atoms with Gasteiger partial charge in [0.25, 0.3) is 5.91 Å². The Morgan fingerprint density at radius 1 is 1.04 bits per heavy atom. The number of hydrazine groups is 1. The highest BCUT2D eigenvalue weighted by molar-refractivity contribution is 9.10. The fraction of sp³-hybridized carbons (Fsp3) is 0.394. The van der Waals surface area contributed by atoms with E-state index in [0.29, 0.717) is 60.7 Å². The highest BCUT2D eigenvalue weighted by atomic mass is 79.9. The van der Waals surface area contributed by atoms with Crippen molar-refractivity contribution in [2.45, 2.75) is 29.4 Å². The molecule has 0 aliphatic carbocycles. The maximum atomic E-state index is 14.3. The summed E-state index contributed by atoms with van der Waals surface area (Å²) in [6.45, 7) is 4.54. The predicted molar refractivity (Wildman–Crippen MR) is 177 cm³/mol. The number of nitrogens with zero attached hydrogens (tertiary/aromatic N) is 2. The molecular weight excluding hydrogens is 676 g/mol. The molecule has 2 aliphatic heterocycles. The molecule has 11 nitrogen and oxygen atoms in total. The van der Waals surface area contributed by atoms with Crippen LogP contribution in [0.25, 0.3) is 0 Å². The first-order chi connectivity index (χ1) is 22.3. The summed E-state index contributed by atoms with van der Waals surface area (Å²) in [7, 11) is -3.76. The van der Waals surface area contributed by atoms with Gasteiger partial charge in [-0.2, -0.15) is 0 Å². The molecule has 0 bridgehead atoms. The molecule has 2 heterocycles. The molecule has 246 valence electrons. The molecule has 5 rings (SSSR count). The van der Waals surface area contributed by atoms with Gasteiger partial charge in [0.2, 0.25) is 5.90 Å². The first kappa shape index (κ1) is 34.0. The third kappa shape index (κ3) is 8.33. The first-order valence-electron chi connectivity index (χ1n) is 15.3. The van der Waals surface area contributed by atoms with Crippen molar-refractivity contribution in [1.82, 2.24) is 15.8 Å². The number of benzene rings is 3. The number of rotatable bonds is 15. The predicted octanol–water partition coefficient (Wildman–Crippen LogP) is 3.28. The summed E-state index contributed by atoms with van der Waals surface area (Å²) in [6, 6.07) is 22.6. The minimum Gasteiger partial charge on any atom is -0.494 e. The van der Waals surface area contributed by atoms with Crippen molar-refractivity contribution >= 4 is 37.6 Å². The summed E-state index contributed by atoms with van der Waals surface area (Å²) in [5.41, 5.74) is 5.49. The third-order valence-corrected chi connectivity index (χ3v) is 10.4. The van der Waals surface area contributed by atoms with Crippen LogP contribution in [0.4, 0.5) is 0 Å². The number of hydrogen-bond donors (Lipinski definition) is 3. The number of carbonyl (C=O) groups is 1. The highest BCUT2D eigenvalue weighted by Crippen LogP contribution is 2.45. The number of carbonyl (C=O) groups excluding carboxylic acids is 1. The first-order valence-corrected chi connectivity index (χ1v) is 17.7. The van der Waals surface area contributed by atoms with Crippen LogP contribution in [0.5, 0.6) is 5.75 Å². The van der Waals surface area contributed by atoms with Crippen LogP contribution >= 0.6 is 15.9 Å². The van der Waals surface area contributed by atoms with Crippen LogP contribution < -0.4 is 15.6 Å². The van der Waals surface area contributed by atoms with Crippen molar-refractivity contribution in [3.8, 4) is 5.75 Å². The van der Waals surface area contributed by atoms with Crippen LogP contribution in [-0.2, 0) is 24.1 Å². The van der Waals surface area contributed by atoms with Gasteiger partial charge in [-0.05, 0) is 42.5 Å². The second-order valence-corrected chi connectivity index (χ2v) is 14.0. The molecule has 13 heteroatoms. The molecular formula is C33H39BrN4O7S. The minimum atomic E-state index is -3.76. The smallest absolute Gasteiger partial charge is 0.266 e. The van der Waals surface area contributed by atoms with Crippen molar-refractivity contribution in [2.75, 3.05) is 58.4 Å². The van der Waals surface area contributed by atoms with Crippen molar-refractivity contribution in [1.29, 1.82) is 0 Å². The average molecular weight is 716 g/mol. The molecule has 1 amide bonds. The number of hydrogen-bond acceptors (Lipinski definition) is 10. The highest BCUT2D eigenvalue weighted by Gasteiger charge is 2.54. The van der Waals surface area contributed by atoms with Gasteiger partial charge in [-0.3, -0.25) is 15.1 Å². The molecule has 0 saturated carbocycles. The Balaban J connectivity index is 1.47. The van der Waals surface area contributed by atoms with Gasteiger partial charge in [-0.1, -0.05) is 52.3 Å². The second kappa shape index (κ2) is 16.0. The monoisotopic (exact) mass is 714 g/mol.